The van der Waals surface area contributed by atoms with E-state index >= 15 is 0 Å². The summed E-state index contributed by atoms with van der Waals surface area (Å²) in [5.41, 5.74) is 7.91. The zero-order valence-corrected chi connectivity index (χ0v) is 9.22. The molecule has 0 unspecified atom stereocenters. The van der Waals surface area contributed by atoms with E-state index in [-0.39, 0.29) is 12.2 Å². The minimum Gasteiger partial charge on any atom is -0.398 e. The number of benzene rings is 1. The van der Waals surface area contributed by atoms with Crippen LogP contribution in [0.4, 0.5) is 10.1 Å². The molecule has 7 heteroatoms. The molecule has 0 bridgehead atoms. The lowest BCUT2D eigenvalue weighted by molar-refractivity contribution is -0.150. The molecule has 0 fully saturated rings. The number of halogens is 1. The van der Waals surface area contributed by atoms with Crippen LogP contribution in [0.15, 0.2) is 23.1 Å². The maximum atomic E-state index is 12.9. The monoisotopic (exact) mass is 245 g/mol. The van der Waals surface area contributed by atoms with Crippen LogP contribution in [0.5, 0.6) is 0 Å². The van der Waals surface area contributed by atoms with E-state index < -0.39 is 5.97 Å². The van der Waals surface area contributed by atoms with E-state index in [1.807, 2.05) is 0 Å². The molecule has 1 aromatic carbocycles. The summed E-state index contributed by atoms with van der Waals surface area (Å²) in [7, 11) is 0. The fraction of sp³-hybridized carbons (Fsp3) is 0.222. The smallest absolute Gasteiger partial charge is 0.327 e. The van der Waals surface area contributed by atoms with Gasteiger partial charge in [-0.05, 0) is 18.2 Å². The van der Waals surface area contributed by atoms with Gasteiger partial charge in [-0.3, -0.25) is 4.79 Å². The standard InChI is InChI=1S/C9H12FN3O2S/c10-6-1-2-7(11)8(5-6)16-4-3-9(14)15-13-12/h1-2,5,13H,3-4,11-12H2. The molecule has 88 valence electrons. The number of nitrogens with one attached hydrogen (secondary N) is 1. The third kappa shape index (κ3) is 4.05. The van der Waals surface area contributed by atoms with Crippen LogP contribution in [-0.2, 0) is 9.63 Å². The largest absolute Gasteiger partial charge is 0.398 e. The Hall–Kier alpha value is -1.31. The van der Waals surface area contributed by atoms with Crippen LogP contribution in [0.25, 0.3) is 0 Å². The Labute approximate surface area is 96.2 Å². The summed E-state index contributed by atoms with van der Waals surface area (Å²) in [6, 6.07) is 4.09. The van der Waals surface area contributed by atoms with Crippen LogP contribution >= 0.6 is 11.8 Å². The number of rotatable bonds is 5. The van der Waals surface area contributed by atoms with Crippen LogP contribution in [0.2, 0.25) is 0 Å². The molecule has 0 radical (unpaired) electrons. The number of hydrazine groups is 1. The van der Waals surface area contributed by atoms with Crippen molar-refractivity contribution in [3.63, 3.8) is 0 Å². The van der Waals surface area contributed by atoms with Crippen molar-refractivity contribution in [1.82, 2.24) is 5.59 Å². The van der Waals surface area contributed by atoms with Gasteiger partial charge in [-0.1, -0.05) is 5.59 Å². The number of anilines is 1. The molecule has 0 atom stereocenters. The quantitative estimate of drug-likeness (QED) is 0.308. The average Bonchev–Trinajstić information content (AvgIpc) is 2.23. The number of carbonyl (C=O) groups excluding carboxylic acids is 1. The van der Waals surface area contributed by atoms with Crippen molar-refractivity contribution in [3.8, 4) is 0 Å². The third-order valence-electron chi connectivity index (χ3n) is 1.71. The number of nitrogen functional groups attached to an aromatic ring is 1. The summed E-state index contributed by atoms with van der Waals surface area (Å²) in [6.45, 7) is 0. The number of hydrogen-bond donors (Lipinski definition) is 3. The first kappa shape index (κ1) is 12.8. The summed E-state index contributed by atoms with van der Waals surface area (Å²) in [4.78, 5) is 15.8. The maximum Gasteiger partial charge on any atom is 0.327 e. The fourth-order valence-electron chi connectivity index (χ4n) is 0.994. The Kier molecular flexibility index (Phi) is 5.03. The maximum absolute atomic E-state index is 12.9. The lowest BCUT2D eigenvalue weighted by atomic mass is 10.3. The molecule has 1 aromatic rings. The Balaban J connectivity index is 2.42. The highest BCUT2D eigenvalue weighted by Crippen LogP contribution is 2.26. The topological polar surface area (TPSA) is 90.4 Å². The van der Waals surface area contributed by atoms with Gasteiger partial charge in [0.2, 0.25) is 0 Å². The first-order chi connectivity index (χ1) is 7.63. The van der Waals surface area contributed by atoms with Gasteiger partial charge in [0.1, 0.15) is 5.82 Å². The van der Waals surface area contributed by atoms with Crippen molar-refractivity contribution in [2.45, 2.75) is 11.3 Å². The van der Waals surface area contributed by atoms with E-state index in [9.17, 15) is 9.18 Å². The second-order valence-corrected chi connectivity index (χ2v) is 4.01. The highest BCUT2D eigenvalue weighted by atomic mass is 32.2. The zero-order valence-electron chi connectivity index (χ0n) is 8.40. The van der Waals surface area contributed by atoms with E-state index in [4.69, 9.17) is 11.6 Å². The molecule has 0 aliphatic heterocycles. The molecular formula is C9H12FN3O2S. The lowest BCUT2D eigenvalue weighted by Gasteiger charge is -2.05. The number of carbonyl (C=O) groups is 1. The van der Waals surface area contributed by atoms with Crippen molar-refractivity contribution in [2.75, 3.05) is 11.5 Å². The Morgan fingerprint density at radius 3 is 3.00 bits per heavy atom. The van der Waals surface area contributed by atoms with Gasteiger partial charge in [-0.25, -0.2) is 10.2 Å². The Morgan fingerprint density at radius 1 is 1.56 bits per heavy atom. The molecule has 1 rings (SSSR count). The summed E-state index contributed by atoms with van der Waals surface area (Å²) in [6.07, 6.45) is 0.158. The van der Waals surface area contributed by atoms with Crippen molar-refractivity contribution in [2.24, 2.45) is 5.84 Å². The van der Waals surface area contributed by atoms with E-state index in [1.54, 1.807) is 5.59 Å². The predicted molar refractivity (Wildman–Crippen MR) is 59.6 cm³/mol. The van der Waals surface area contributed by atoms with Crippen LogP contribution < -0.4 is 17.2 Å². The van der Waals surface area contributed by atoms with Crippen molar-refractivity contribution < 1.29 is 14.0 Å². The van der Waals surface area contributed by atoms with Crippen LogP contribution in [-0.4, -0.2) is 11.7 Å². The third-order valence-corrected chi connectivity index (χ3v) is 2.78. The van der Waals surface area contributed by atoms with Gasteiger partial charge in [0.25, 0.3) is 0 Å². The first-order valence-electron chi connectivity index (χ1n) is 4.46. The molecule has 0 amide bonds. The summed E-state index contributed by atoms with van der Waals surface area (Å²) < 4.78 is 12.9. The molecule has 0 aromatic heterocycles. The highest BCUT2D eigenvalue weighted by molar-refractivity contribution is 7.99. The van der Waals surface area contributed by atoms with Crippen molar-refractivity contribution in [1.29, 1.82) is 0 Å². The van der Waals surface area contributed by atoms with E-state index in [0.29, 0.717) is 16.3 Å². The van der Waals surface area contributed by atoms with E-state index in [2.05, 4.69) is 4.84 Å². The van der Waals surface area contributed by atoms with E-state index in [1.165, 1.54) is 30.0 Å². The summed E-state index contributed by atoms with van der Waals surface area (Å²) in [5.74, 6) is 4.39. The van der Waals surface area contributed by atoms with Gasteiger partial charge in [-0.15, -0.1) is 11.8 Å². The van der Waals surface area contributed by atoms with Crippen LogP contribution in [0, 0.1) is 5.82 Å². The van der Waals surface area contributed by atoms with E-state index in [0.717, 1.165) is 0 Å². The normalized spacial score (nSPS) is 10.1. The van der Waals surface area contributed by atoms with Gasteiger partial charge in [-0.2, -0.15) is 0 Å². The summed E-state index contributed by atoms with van der Waals surface area (Å²) >= 11 is 1.28. The summed E-state index contributed by atoms with van der Waals surface area (Å²) in [5, 5.41) is 0. The van der Waals surface area contributed by atoms with Gasteiger partial charge in [0, 0.05) is 16.3 Å². The van der Waals surface area contributed by atoms with Gasteiger partial charge in [0.05, 0.1) is 6.42 Å². The fourth-order valence-corrected chi connectivity index (χ4v) is 1.91. The zero-order chi connectivity index (χ0) is 12.0. The lowest BCUT2D eigenvalue weighted by Crippen LogP contribution is -2.26. The van der Waals surface area contributed by atoms with Crippen molar-refractivity contribution in [3.05, 3.63) is 24.0 Å². The molecule has 0 spiro atoms. The second-order valence-electron chi connectivity index (χ2n) is 2.87. The Morgan fingerprint density at radius 2 is 2.31 bits per heavy atom. The molecule has 5 N–H and O–H groups in total. The molecule has 0 aliphatic carbocycles. The Bertz CT molecular complexity index is 376. The molecule has 16 heavy (non-hydrogen) atoms. The molecular weight excluding hydrogens is 233 g/mol. The van der Waals surface area contributed by atoms with Gasteiger partial charge < -0.3 is 10.6 Å². The average molecular weight is 245 g/mol. The second kappa shape index (κ2) is 6.31. The van der Waals surface area contributed by atoms with Crippen LogP contribution in [0.3, 0.4) is 0 Å². The van der Waals surface area contributed by atoms with Crippen molar-refractivity contribution >= 4 is 23.4 Å². The van der Waals surface area contributed by atoms with Gasteiger partial charge in [0.15, 0.2) is 0 Å². The number of hydrogen-bond acceptors (Lipinski definition) is 6. The minimum atomic E-state index is -0.482. The highest BCUT2D eigenvalue weighted by Gasteiger charge is 2.05. The predicted octanol–water partition coefficient (Wildman–Crippen LogP) is 0.812. The molecule has 5 nitrogen and oxygen atoms in total. The molecule has 0 aliphatic rings. The SMILES string of the molecule is NNOC(=O)CCSc1cc(F)ccc1N. The molecule has 0 heterocycles. The van der Waals surface area contributed by atoms with Gasteiger partial charge >= 0.3 is 5.97 Å². The molecule has 0 saturated carbocycles. The van der Waals surface area contributed by atoms with Crippen LogP contribution in [0.1, 0.15) is 6.42 Å². The number of thioether (sulfide) groups is 1. The first-order valence-corrected chi connectivity index (χ1v) is 5.45. The number of nitrogens with two attached hydrogens (primary N) is 2. The minimum absolute atomic E-state index is 0.158. The molecule has 0 saturated heterocycles.